The number of halogens is 2. The van der Waals surface area contributed by atoms with Gasteiger partial charge in [-0.15, -0.1) is 23.7 Å². The summed E-state index contributed by atoms with van der Waals surface area (Å²) in [6, 6.07) is 5.23. The van der Waals surface area contributed by atoms with Crippen LogP contribution in [-0.4, -0.2) is 54.1 Å². The van der Waals surface area contributed by atoms with Gasteiger partial charge < -0.3 is 14.5 Å². The fourth-order valence-corrected chi connectivity index (χ4v) is 3.30. The van der Waals surface area contributed by atoms with E-state index in [1.807, 2.05) is 9.80 Å². The van der Waals surface area contributed by atoms with Crippen molar-refractivity contribution in [1.82, 2.24) is 14.9 Å². The van der Waals surface area contributed by atoms with Crippen LogP contribution in [0, 0.1) is 0 Å². The Hall–Kier alpha value is -1.57. The Kier molecular flexibility index (Phi) is 6.04. The normalized spacial score (nSPS) is 14.3. The third kappa shape index (κ3) is 4.04. The molecule has 0 unspecified atom stereocenters. The molecule has 1 saturated heterocycles. The zero-order chi connectivity index (χ0) is 15.5. The summed E-state index contributed by atoms with van der Waals surface area (Å²) in [7, 11) is 1.58. The highest BCUT2D eigenvalue weighted by Crippen LogP contribution is 2.23. The van der Waals surface area contributed by atoms with Crippen LogP contribution in [0.5, 0.6) is 5.88 Å². The number of carbonyl (C=O) groups is 1. The molecule has 1 aliphatic rings. The molecule has 1 aliphatic heterocycles. The van der Waals surface area contributed by atoms with Crippen LogP contribution in [0.2, 0.25) is 4.34 Å². The van der Waals surface area contributed by atoms with E-state index in [0.29, 0.717) is 47.2 Å². The Morgan fingerprint density at radius 1 is 1.26 bits per heavy atom. The summed E-state index contributed by atoms with van der Waals surface area (Å²) in [6.45, 7) is 2.65. The maximum atomic E-state index is 12.4. The molecule has 0 radical (unpaired) electrons. The van der Waals surface area contributed by atoms with E-state index in [-0.39, 0.29) is 18.3 Å². The molecule has 0 spiro atoms. The molecule has 124 valence electrons. The van der Waals surface area contributed by atoms with Gasteiger partial charge in [-0.25, -0.2) is 4.98 Å². The number of anilines is 1. The van der Waals surface area contributed by atoms with Crippen LogP contribution in [0.3, 0.4) is 0 Å². The molecular formula is C14H16Cl2N4O2S. The van der Waals surface area contributed by atoms with Gasteiger partial charge in [-0.2, -0.15) is 4.98 Å². The van der Waals surface area contributed by atoms with Crippen LogP contribution < -0.4 is 9.64 Å². The smallest absolute Gasteiger partial charge is 0.264 e. The minimum absolute atomic E-state index is 0. The lowest BCUT2D eigenvalue weighted by Gasteiger charge is -2.34. The predicted octanol–water partition coefficient (Wildman–Crippen LogP) is 2.58. The number of nitrogens with zero attached hydrogens (tertiary/aromatic N) is 4. The first-order chi connectivity index (χ1) is 10.7. The van der Waals surface area contributed by atoms with E-state index in [4.69, 9.17) is 16.3 Å². The first kappa shape index (κ1) is 17.8. The van der Waals surface area contributed by atoms with Crippen LogP contribution >= 0.6 is 35.3 Å². The lowest BCUT2D eigenvalue weighted by Crippen LogP contribution is -2.49. The molecule has 0 saturated carbocycles. The molecule has 1 amide bonds. The summed E-state index contributed by atoms with van der Waals surface area (Å²) in [5, 5.41) is 0. The Morgan fingerprint density at radius 2 is 2.00 bits per heavy atom. The highest BCUT2D eigenvalue weighted by molar-refractivity contribution is 7.17. The summed E-state index contributed by atoms with van der Waals surface area (Å²) in [5.74, 6) is 1.20. The summed E-state index contributed by atoms with van der Waals surface area (Å²) in [4.78, 5) is 25.5. The van der Waals surface area contributed by atoms with Crippen molar-refractivity contribution in [3.05, 3.63) is 33.6 Å². The zero-order valence-electron chi connectivity index (χ0n) is 12.4. The van der Waals surface area contributed by atoms with Crippen LogP contribution in [0.1, 0.15) is 9.67 Å². The van der Waals surface area contributed by atoms with Gasteiger partial charge >= 0.3 is 0 Å². The Labute approximate surface area is 149 Å². The monoisotopic (exact) mass is 374 g/mol. The second-order valence-electron chi connectivity index (χ2n) is 4.78. The second kappa shape index (κ2) is 7.81. The summed E-state index contributed by atoms with van der Waals surface area (Å²) >= 11 is 7.20. The lowest BCUT2D eigenvalue weighted by atomic mass is 10.3. The van der Waals surface area contributed by atoms with E-state index in [2.05, 4.69) is 9.97 Å². The van der Waals surface area contributed by atoms with Crippen LogP contribution in [0.25, 0.3) is 0 Å². The topological polar surface area (TPSA) is 58.6 Å². The number of hydrogen-bond donors (Lipinski definition) is 0. The molecule has 3 rings (SSSR count). The molecule has 2 aromatic heterocycles. The molecular weight excluding hydrogens is 359 g/mol. The minimum Gasteiger partial charge on any atom is -0.481 e. The van der Waals surface area contributed by atoms with Gasteiger partial charge in [0, 0.05) is 38.4 Å². The summed E-state index contributed by atoms with van der Waals surface area (Å²) in [5.41, 5.74) is 0. The molecule has 0 N–H and O–H groups in total. The Balaban J connectivity index is 0.00000192. The van der Waals surface area contributed by atoms with E-state index in [1.54, 1.807) is 31.5 Å². The molecule has 0 atom stereocenters. The van der Waals surface area contributed by atoms with E-state index < -0.39 is 0 Å². The third-order valence-corrected chi connectivity index (χ3v) is 4.68. The van der Waals surface area contributed by atoms with Crippen LogP contribution in [0.4, 0.5) is 5.95 Å². The number of methoxy groups -OCH3 is 1. The summed E-state index contributed by atoms with van der Waals surface area (Å²) in [6.07, 6.45) is 1.67. The van der Waals surface area contributed by atoms with Crippen molar-refractivity contribution in [3.63, 3.8) is 0 Å². The fourth-order valence-electron chi connectivity index (χ4n) is 2.29. The van der Waals surface area contributed by atoms with Crippen molar-refractivity contribution >= 4 is 47.2 Å². The molecule has 6 nitrogen and oxygen atoms in total. The van der Waals surface area contributed by atoms with Crippen molar-refractivity contribution in [2.45, 2.75) is 0 Å². The van der Waals surface area contributed by atoms with E-state index in [9.17, 15) is 4.79 Å². The number of carbonyl (C=O) groups excluding carboxylic acids is 1. The largest absolute Gasteiger partial charge is 0.481 e. The third-order valence-electron chi connectivity index (χ3n) is 3.46. The predicted molar refractivity (Wildman–Crippen MR) is 93.3 cm³/mol. The van der Waals surface area contributed by atoms with Gasteiger partial charge in [0.25, 0.3) is 5.91 Å². The molecule has 3 heterocycles. The highest BCUT2D eigenvalue weighted by Gasteiger charge is 2.24. The number of amides is 1. The van der Waals surface area contributed by atoms with Gasteiger partial charge in [-0.3, -0.25) is 4.79 Å². The van der Waals surface area contributed by atoms with Crippen molar-refractivity contribution < 1.29 is 9.53 Å². The summed E-state index contributed by atoms with van der Waals surface area (Å²) < 4.78 is 5.74. The number of rotatable bonds is 3. The first-order valence-electron chi connectivity index (χ1n) is 6.84. The number of aromatic nitrogens is 2. The molecule has 2 aromatic rings. The average molecular weight is 375 g/mol. The van der Waals surface area contributed by atoms with E-state index in [0.717, 1.165) is 0 Å². The quantitative estimate of drug-likeness (QED) is 0.826. The van der Waals surface area contributed by atoms with Crippen molar-refractivity contribution in [3.8, 4) is 5.88 Å². The molecule has 9 heteroatoms. The Bertz CT molecular complexity index is 674. The van der Waals surface area contributed by atoms with Gasteiger partial charge in [0.2, 0.25) is 11.8 Å². The molecule has 23 heavy (non-hydrogen) atoms. The van der Waals surface area contributed by atoms with Crippen molar-refractivity contribution in [2.75, 3.05) is 38.2 Å². The number of hydrogen-bond acceptors (Lipinski definition) is 6. The highest BCUT2D eigenvalue weighted by atomic mass is 35.5. The lowest BCUT2D eigenvalue weighted by molar-refractivity contribution is 0.0751. The van der Waals surface area contributed by atoms with Gasteiger partial charge in [-0.05, 0) is 12.1 Å². The Morgan fingerprint density at radius 3 is 2.61 bits per heavy atom. The van der Waals surface area contributed by atoms with Crippen LogP contribution in [-0.2, 0) is 0 Å². The van der Waals surface area contributed by atoms with Gasteiger partial charge in [0.1, 0.15) is 0 Å². The molecule has 0 bridgehead atoms. The molecule has 0 aliphatic carbocycles. The van der Waals surface area contributed by atoms with E-state index in [1.165, 1.54) is 11.3 Å². The maximum absolute atomic E-state index is 12.4. The zero-order valence-corrected chi connectivity index (χ0v) is 14.8. The standard InChI is InChI=1S/C14H15ClN4O2S.ClH/c1-21-12-4-5-16-14(17-12)19-8-6-18(7-9-19)13(20)10-2-3-11(15)22-10;/h2-5H,6-9H2,1H3;1H. The average Bonchev–Trinajstić information content (AvgIpc) is 3.01. The molecule has 1 fully saturated rings. The number of thiophene rings is 1. The second-order valence-corrected chi connectivity index (χ2v) is 6.50. The fraction of sp³-hybridized carbons (Fsp3) is 0.357. The van der Waals surface area contributed by atoms with Crippen LogP contribution in [0.15, 0.2) is 24.4 Å². The minimum atomic E-state index is 0. The van der Waals surface area contributed by atoms with Gasteiger partial charge in [-0.1, -0.05) is 11.6 Å². The van der Waals surface area contributed by atoms with Gasteiger partial charge in [0.15, 0.2) is 0 Å². The van der Waals surface area contributed by atoms with Crippen molar-refractivity contribution in [1.29, 1.82) is 0 Å². The number of ether oxygens (including phenoxy) is 1. The SMILES string of the molecule is COc1ccnc(N2CCN(C(=O)c3ccc(Cl)s3)CC2)n1.Cl. The number of piperazine rings is 1. The molecule has 0 aromatic carbocycles. The maximum Gasteiger partial charge on any atom is 0.264 e. The van der Waals surface area contributed by atoms with Gasteiger partial charge in [0.05, 0.1) is 16.3 Å². The first-order valence-corrected chi connectivity index (χ1v) is 8.03. The van der Waals surface area contributed by atoms with Crippen molar-refractivity contribution in [2.24, 2.45) is 0 Å². The van der Waals surface area contributed by atoms with E-state index >= 15 is 0 Å².